The molecule has 5 nitrogen and oxygen atoms in total. The number of guanidine groups is 1. The second-order valence-corrected chi connectivity index (χ2v) is 5.71. The van der Waals surface area contributed by atoms with Gasteiger partial charge in [-0.05, 0) is 33.6 Å². The van der Waals surface area contributed by atoms with Gasteiger partial charge in [-0.3, -0.25) is 0 Å². The minimum atomic E-state index is -0.103. The van der Waals surface area contributed by atoms with Crippen molar-refractivity contribution in [2.75, 3.05) is 39.4 Å². The summed E-state index contributed by atoms with van der Waals surface area (Å²) in [6.45, 7) is 10.3. The van der Waals surface area contributed by atoms with E-state index in [9.17, 15) is 0 Å². The highest BCUT2D eigenvalue weighted by Gasteiger charge is 2.27. The van der Waals surface area contributed by atoms with Crippen LogP contribution in [0, 0.1) is 0 Å². The highest BCUT2D eigenvalue weighted by Crippen LogP contribution is 2.15. The van der Waals surface area contributed by atoms with Crippen LogP contribution in [-0.4, -0.2) is 70.9 Å². The Balaban J connectivity index is 2.72. The van der Waals surface area contributed by atoms with Gasteiger partial charge in [-0.25, -0.2) is 4.99 Å². The van der Waals surface area contributed by atoms with Gasteiger partial charge in [-0.1, -0.05) is 0 Å². The molecular formula is C13H27N3O2. The van der Waals surface area contributed by atoms with Gasteiger partial charge in [-0.2, -0.15) is 0 Å². The third kappa shape index (κ3) is 4.82. The van der Waals surface area contributed by atoms with Crippen molar-refractivity contribution in [2.24, 2.45) is 4.99 Å². The molecule has 0 spiro atoms. The minimum Gasteiger partial charge on any atom is -0.396 e. The van der Waals surface area contributed by atoms with Crippen LogP contribution in [0.1, 0.15) is 33.6 Å². The molecule has 2 N–H and O–H groups in total. The van der Waals surface area contributed by atoms with Crippen molar-refractivity contribution in [2.45, 2.75) is 39.2 Å². The number of aliphatic hydroxyl groups is 2. The molecule has 0 aromatic heterocycles. The van der Waals surface area contributed by atoms with Crippen LogP contribution in [0.3, 0.4) is 0 Å². The Bertz CT molecular complexity index is 256. The standard InChI is InChI=1S/C13H27N3O2/c1-13(2,3)14-12-15(6-4-10-17)8-9-16(12)7-5-11-18/h17-18H,4-11H2,1-3H3. The van der Waals surface area contributed by atoms with Gasteiger partial charge < -0.3 is 20.0 Å². The lowest BCUT2D eigenvalue weighted by atomic mass is 10.1. The quantitative estimate of drug-likeness (QED) is 0.728. The topological polar surface area (TPSA) is 59.3 Å². The highest BCUT2D eigenvalue weighted by atomic mass is 16.3. The van der Waals surface area contributed by atoms with Gasteiger partial charge in [0.05, 0.1) is 5.54 Å². The van der Waals surface area contributed by atoms with Crippen molar-refractivity contribution in [1.29, 1.82) is 0 Å². The Morgan fingerprint density at radius 3 is 1.78 bits per heavy atom. The first-order chi connectivity index (χ1) is 8.48. The second-order valence-electron chi connectivity index (χ2n) is 5.71. The molecule has 1 heterocycles. The van der Waals surface area contributed by atoms with Crippen LogP contribution >= 0.6 is 0 Å². The summed E-state index contributed by atoms with van der Waals surface area (Å²) < 4.78 is 0. The van der Waals surface area contributed by atoms with Crippen molar-refractivity contribution in [3.63, 3.8) is 0 Å². The average molecular weight is 257 g/mol. The van der Waals surface area contributed by atoms with E-state index in [0.29, 0.717) is 0 Å². The van der Waals surface area contributed by atoms with Crippen molar-refractivity contribution < 1.29 is 10.2 Å². The van der Waals surface area contributed by atoms with E-state index in [1.54, 1.807) is 0 Å². The maximum atomic E-state index is 8.94. The normalized spacial score (nSPS) is 16.6. The van der Waals surface area contributed by atoms with E-state index in [1.807, 2.05) is 0 Å². The monoisotopic (exact) mass is 257 g/mol. The summed E-state index contributed by atoms with van der Waals surface area (Å²) >= 11 is 0. The molecule has 0 aromatic carbocycles. The van der Waals surface area contributed by atoms with Crippen LogP contribution in [0.2, 0.25) is 0 Å². The Morgan fingerprint density at radius 2 is 1.44 bits per heavy atom. The zero-order valence-corrected chi connectivity index (χ0v) is 11.9. The van der Waals surface area contributed by atoms with E-state index in [0.717, 1.165) is 45.0 Å². The molecule has 1 fully saturated rings. The molecule has 0 aliphatic carbocycles. The van der Waals surface area contributed by atoms with E-state index in [1.165, 1.54) is 0 Å². The fourth-order valence-corrected chi connectivity index (χ4v) is 2.03. The third-order valence-corrected chi connectivity index (χ3v) is 2.81. The van der Waals surface area contributed by atoms with Gasteiger partial charge in [0, 0.05) is 39.4 Å². The van der Waals surface area contributed by atoms with Crippen LogP contribution in [0.4, 0.5) is 0 Å². The highest BCUT2D eigenvalue weighted by molar-refractivity contribution is 5.82. The molecular weight excluding hydrogens is 230 g/mol. The summed E-state index contributed by atoms with van der Waals surface area (Å²) in [5.41, 5.74) is -0.103. The Morgan fingerprint density at radius 1 is 1.00 bits per heavy atom. The average Bonchev–Trinajstić information content (AvgIpc) is 2.64. The lowest BCUT2D eigenvalue weighted by Gasteiger charge is -2.26. The summed E-state index contributed by atoms with van der Waals surface area (Å²) in [5.74, 6) is 1.02. The van der Waals surface area contributed by atoms with Crippen LogP contribution in [-0.2, 0) is 0 Å². The molecule has 106 valence electrons. The van der Waals surface area contributed by atoms with Gasteiger partial charge in [-0.15, -0.1) is 0 Å². The molecule has 1 rings (SSSR count). The first kappa shape index (κ1) is 15.2. The Labute approximate surface area is 110 Å². The summed E-state index contributed by atoms with van der Waals surface area (Å²) in [7, 11) is 0. The van der Waals surface area contributed by atoms with Crippen molar-refractivity contribution in [3.05, 3.63) is 0 Å². The lowest BCUT2D eigenvalue weighted by Crippen LogP contribution is -2.37. The maximum Gasteiger partial charge on any atom is 0.197 e. The number of hydrogen-bond donors (Lipinski definition) is 2. The van der Waals surface area contributed by atoms with Crippen LogP contribution in [0.5, 0.6) is 0 Å². The minimum absolute atomic E-state index is 0.103. The number of nitrogens with zero attached hydrogens (tertiary/aromatic N) is 3. The Kier molecular flexibility index (Phi) is 5.88. The molecule has 0 saturated carbocycles. The number of rotatable bonds is 6. The second kappa shape index (κ2) is 6.95. The molecule has 18 heavy (non-hydrogen) atoms. The first-order valence-corrected chi connectivity index (χ1v) is 6.79. The molecule has 5 heteroatoms. The first-order valence-electron chi connectivity index (χ1n) is 6.79. The molecule has 0 aromatic rings. The predicted octanol–water partition coefficient (Wildman–Crippen LogP) is 0.523. The zero-order valence-electron chi connectivity index (χ0n) is 11.9. The lowest BCUT2D eigenvalue weighted by molar-refractivity contribution is 0.268. The van der Waals surface area contributed by atoms with Crippen molar-refractivity contribution >= 4 is 5.96 Å². The fourth-order valence-electron chi connectivity index (χ4n) is 2.03. The number of aliphatic hydroxyl groups excluding tert-OH is 2. The molecule has 0 amide bonds. The molecule has 1 aliphatic heterocycles. The molecule has 1 saturated heterocycles. The molecule has 0 atom stereocenters. The van der Waals surface area contributed by atoms with E-state index in [2.05, 4.69) is 30.6 Å². The summed E-state index contributed by atoms with van der Waals surface area (Å²) in [6, 6.07) is 0. The van der Waals surface area contributed by atoms with Gasteiger partial charge >= 0.3 is 0 Å². The summed E-state index contributed by atoms with van der Waals surface area (Å²) in [5, 5.41) is 17.9. The maximum absolute atomic E-state index is 8.94. The predicted molar refractivity (Wildman–Crippen MR) is 73.7 cm³/mol. The van der Waals surface area contributed by atoms with E-state index >= 15 is 0 Å². The summed E-state index contributed by atoms with van der Waals surface area (Å²) in [4.78, 5) is 9.25. The van der Waals surface area contributed by atoms with Crippen LogP contribution < -0.4 is 0 Å². The molecule has 1 aliphatic rings. The van der Waals surface area contributed by atoms with Crippen molar-refractivity contribution in [3.8, 4) is 0 Å². The van der Waals surface area contributed by atoms with E-state index < -0.39 is 0 Å². The van der Waals surface area contributed by atoms with Gasteiger partial charge in [0.2, 0.25) is 0 Å². The van der Waals surface area contributed by atoms with Gasteiger partial charge in [0.15, 0.2) is 5.96 Å². The number of aliphatic imine (C=N–C) groups is 1. The molecule has 0 bridgehead atoms. The van der Waals surface area contributed by atoms with E-state index in [4.69, 9.17) is 15.2 Å². The largest absolute Gasteiger partial charge is 0.396 e. The smallest absolute Gasteiger partial charge is 0.197 e. The number of hydrogen-bond acceptors (Lipinski definition) is 3. The summed E-state index contributed by atoms with van der Waals surface area (Å²) in [6.07, 6.45) is 1.55. The van der Waals surface area contributed by atoms with Gasteiger partial charge in [0.1, 0.15) is 0 Å². The molecule has 0 unspecified atom stereocenters. The molecule has 0 radical (unpaired) electrons. The fraction of sp³-hybridized carbons (Fsp3) is 0.923. The Hall–Kier alpha value is -0.810. The van der Waals surface area contributed by atoms with E-state index in [-0.39, 0.29) is 18.8 Å². The van der Waals surface area contributed by atoms with Crippen LogP contribution in [0.15, 0.2) is 4.99 Å². The van der Waals surface area contributed by atoms with Crippen molar-refractivity contribution in [1.82, 2.24) is 9.80 Å². The zero-order chi connectivity index (χ0) is 13.6. The van der Waals surface area contributed by atoms with Gasteiger partial charge in [0.25, 0.3) is 0 Å². The van der Waals surface area contributed by atoms with Crippen LogP contribution in [0.25, 0.3) is 0 Å². The third-order valence-electron chi connectivity index (χ3n) is 2.81. The SMILES string of the molecule is CC(C)(C)N=C1N(CCCO)CCN1CCCO.